The molecule has 0 radical (unpaired) electrons. The van der Waals surface area contributed by atoms with Gasteiger partial charge in [0.15, 0.2) is 0 Å². The average molecular weight is 244 g/mol. The zero-order valence-electron chi connectivity index (χ0n) is 9.65. The van der Waals surface area contributed by atoms with E-state index in [1.165, 1.54) is 4.88 Å². The number of hydrogen-bond donors (Lipinski definition) is 1. The molecular formula is C13H12N2OS. The van der Waals surface area contributed by atoms with E-state index < -0.39 is 0 Å². The number of H-pyrrole nitrogens is 1. The Kier molecular flexibility index (Phi) is 2.19. The van der Waals surface area contributed by atoms with E-state index in [0.29, 0.717) is 0 Å². The SMILES string of the molecule is Cc1ccc(-n2c(=O)[nH]c3c(C)cccc32)s1. The first kappa shape index (κ1) is 10.4. The van der Waals surface area contributed by atoms with Gasteiger partial charge in [0.2, 0.25) is 0 Å². The number of aromatic amines is 1. The lowest BCUT2D eigenvalue weighted by Crippen LogP contribution is -2.13. The van der Waals surface area contributed by atoms with Gasteiger partial charge in [-0.25, -0.2) is 4.79 Å². The first-order chi connectivity index (χ1) is 8.16. The molecule has 0 aliphatic rings. The van der Waals surface area contributed by atoms with Crippen LogP contribution in [0.15, 0.2) is 35.1 Å². The molecule has 3 rings (SSSR count). The van der Waals surface area contributed by atoms with Gasteiger partial charge in [-0.15, -0.1) is 11.3 Å². The zero-order valence-corrected chi connectivity index (χ0v) is 10.5. The molecule has 1 aromatic carbocycles. The molecule has 0 atom stereocenters. The first-order valence-electron chi connectivity index (χ1n) is 5.44. The summed E-state index contributed by atoms with van der Waals surface area (Å²) in [4.78, 5) is 16.1. The van der Waals surface area contributed by atoms with E-state index in [1.807, 2.05) is 44.2 Å². The Bertz CT molecular complexity index is 748. The van der Waals surface area contributed by atoms with E-state index in [2.05, 4.69) is 4.98 Å². The van der Waals surface area contributed by atoms with Crippen LogP contribution in [0.3, 0.4) is 0 Å². The molecule has 0 aliphatic carbocycles. The molecule has 2 heterocycles. The van der Waals surface area contributed by atoms with Crippen molar-refractivity contribution in [1.82, 2.24) is 9.55 Å². The number of para-hydroxylation sites is 1. The topological polar surface area (TPSA) is 37.8 Å². The lowest BCUT2D eigenvalue weighted by atomic mass is 10.2. The third-order valence-corrected chi connectivity index (χ3v) is 3.86. The van der Waals surface area contributed by atoms with Gasteiger partial charge in [0.1, 0.15) is 5.00 Å². The summed E-state index contributed by atoms with van der Waals surface area (Å²) in [7, 11) is 0. The summed E-state index contributed by atoms with van der Waals surface area (Å²) in [6.45, 7) is 4.04. The minimum atomic E-state index is -0.0730. The summed E-state index contributed by atoms with van der Waals surface area (Å²) in [5.41, 5.74) is 2.88. The van der Waals surface area contributed by atoms with Crippen LogP contribution in [-0.4, -0.2) is 9.55 Å². The normalized spacial score (nSPS) is 11.2. The minimum Gasteiger partial charge on any atom is -0.305 e. The van der Waals surface area contributed by atoms with E-state index in [9.17, 15) is 4.79 Å². The molecule has 3 aromatic rings. The van der Waals surface area contributed by atoms with E-state index >= 15 is 0 Å². The molecule has 0 aliphatic heterocycles. The Hall–Kier alpha value is -1.81. The summed E-state index contributed by atoms with van der Waals surface area (Å²) >= 11 is 1.62. The van der Waals surface area contributed by atoms with E-state index in [0.717, 1.165) is 21.6 Å². The molecule has 0 fully saturated rings. The van der Waals surface area contributed by atoms with Gasteiger partial charge in [-0.3, -0.25) is 4.57 Å². The van der Waals surface area contributed by atoms with Crippen LogP contribution in [0.1, 0.15) is 10.4 Å². The van der Waals surface area contributed by atoms with Crippen molar-refractivity contribution in [3.63, 3.8) is 0 Å². The second-order valence-corrected chi connectivity index (χ2v) is 5.39. The van der Waals surface area contributed by atoms with Crippen LogP contribution in [0, 0.1) is 13.8 Å². The highest BCUT2D eigenvalue weighted by molar-refractivity contribution is 7.14. The number of imidazole rings is 1. The maximum Gasteiger partial charge on any atom is 0.331 e. The fourth-order valence-corrected chi connectivity index (χ4v) is 2.91. The van der Waals surface area contributed by atoms with E-state index in [1.54, 1.807) is 15.9 Å². The summed E-state index contributed by atoms with van der Waals surface area (Å²) in [5.74, 6) is 0. The molecule has 0 saturated heterocycles. The molecule has 2 aromatic heterocycles. The van der Waals surface area contributed by atoms with Crippen molar-refractivity contribution >= 4 is 22.4 Å². The van der Waals surface area contributed by atoms with Gasteiger partial charge in [-0.1, -0.05) is 12.1 Å². The van der Waals surface area contributed by atoms with Crippen molar-refractivity contribution in [3.8, 4) is 5.00 Å². The van der Waals surface area contributed by atoms with E-state index in [-0.39, 0.29) is 5.69 Å². The van der Waals surface area contributed by atoms with Crippen LogP contribution in [0.4, 0.5) is 0 Å². The van der Waals surface area contributed by atoms with Crippen molar-refractivity contribution in [1.29, 1.82) is 0 Å². The second kappa shape index (κ2) is 3.60. The van der Waals surface area contributed by atoms with E-state index in [4.69, 9.17) is 0 Å². The number of benzene rings is 1. The van der Waals surface area contributed by atoms with Crippen molar-refractivity contribution in [2.24, 2.45) is 0 Å². The molecule has 4 heteroatoms. The molecule has 0 bridgehead atoms. The Morgan fingerprint density at radius 3 is 2.71 bits per heavy atom. The quantitative estimate of drug-likeness (QED) is 0.702. The molecule has 86 valence electrons. The van der Waals surface area contributed by atoms with Crippen molar-refractivity contribution in [2.75, 3.05) is 0 Å². The minimum absolute atomic E-state index is 0.0730. The Labute approximate surface area is 102 Å². The fourth-order valence-electron chi connectivity index (χ4n) is 2.03. The number of thiophene rings is 1. The number of aromatic nitrogens is 2. The molecule has 0 amide bonds. The lowest BCUT2D eigenvalue weighted by molar-refractivity contribution is 1.04. The molecule has 0 unspecified atom stereocenters. The van der Waals surface area contributed by atoms with Gasteiger partial charge < -0.3 is 4.98 Å². The van der Waals surface area contributed by atoms with Gasteiger partial charge in [-0.05, 0) is 37.6 Å². The Morgan fingerprint density at radius 2 is 2.00 bits per heavy atom. The third kappa shape index (κ3) is 1.52. The van der Waals surface area contributed by atoms with Gasteiger partial charge >= 0.3 is 5.69 Å². The van der Waals surface area contributed by atoms with Crippen LogP contribution in [-0.2, 0) is 0 Å². The zero-order chi connectivity index (χ0) is 12.0. The van der Waals surface area contributed by atoms with Crippen LogP contribution in [0.25, 0.3) is 16.0 Å². The van der Waals surface area contributed by atoms with Crippen molar-refractivity contribution in [2.45, 2.75) is 13.8 Å². The number of nitrogens with zero attached hydrogens (tertiary/aromatic N) is 1. The number of nitrogens with one attached hydrogen (secondary N) is 1. The number of rotatable bonds is 1. The standard InChI is InChI=1S/C13H12N2OS/c1-8-4-3-5-10-12(8)14-13(16)15(10)11-7-6-9(2)17-11/h3-7H,1-2H3,(H,14,16). The van der Waals surface area contributed by atoms with Crippen LogP contribution >= 0.6 is 11.3 Å². The fraction of sp³-hybridized carbons (Fsp3) is 0.154. The predicted molar refractivity (Wildman–Crippen MR) is 71.2 cm³/mol. The van der Waals surface area contributed by atoms with Crippen molar-refractivity contribution < 1.29 is 0 Å². The first-order valence-corrected chi connectivity index (χ1v) is 6.25. The maximum atomic E-state index is 12.0. The van der Waals surface area contributed by atoms with Gasteiger partial charge in [-0.2, -0.15) is 0 Å². The Balaban J connectivity index is 2.40. The smallest absolute Gasteiger partial charge is 0.305 e. The Morgan fingerprint density at radius 1 is 1.18 bits per heavy atom. The highest BCUT2D eigenvalue weighted by Gasteiger charge is 2.10. The number of fused-ring (bicyclic) bond motifs is 1. The monoisotopic (exact) mass is 244 g/mol. The largest absolute Gasteiger partial charge is 0.331 e. The van der Waals surface area contributed by atoms with Gasteiger partial charge in [0.25, 0.3) is 0 Å². The van der Waals surface area contributed by atoms with Crippen molar-refractivity contribution in [3.05, 3.63) is 51.3 Å². The molecular weight excluding hydrogens is 232 g/mol. The summed E-state index contributed by atoms with van der Waals surface area (Å²) in [6, 6.07) is 9.96. The number of hydrogen-bond acceptors (Lipinski definition) is 2. The molecule has 17 heavy (non-hydrogen) atoms. The molecule has 0 spiro atoms. The van der Waals surface area contributed by atoms with Gasteiger partial charge in [0, 0.05) is 4.88 Å². The summed E-state index contributed by atoms with van der Waals surface area (Å²) < 4.78 is 1.74. The molecule has 3 nitrogen and oxygen atoms in total. The lowest BCUT2D eigenvalue weighted by Gasteiger charge is -1.99. The van der Waals surface area contributed by atoms with Gasteiger partial charge in [0.05, 0.1) is 11.0 Å². The van der Waals surface area contributed by atoms with Crippen LogP contribution in [0.5, 0.6) is 0 Å². The molecule has 0 saturated carbocycles. The number of aryl methyl sites for hydroxylation is 2. The summed E-state index contributed by atoms with van der Waals surface area (Å²) in [6.07, 6.45) is 0. The second-order valence-electron chi connectivity index (χ2n) is 4.12. The maximum absolute atomic E-state index is 12.0. The third-order valence-electron chi connectivity index (χ3n) is 2.87. The molecule has 1 N–H and O–H groups in total. The highest BCUT2D eigenvalue weighted by Crippen LogP contribution is 2.23. The average Bonchev–Trinajstić information content (AvgIpc) is 2.82. The predicted octanol–water partition coefficient (Wildman–Crippen LogP) is 3.00. The summed E-state index contributed by atoms with van der Waals surface area (Å²) in [5, 5.41) is 0.962. The highest BCUT2D eigenvalue weighted by atomic mass is 32.1. The van der Waals surface area contributed by atoms with Crippen LogP contribution in [0.2, 0.25) is 0 Å². The van der Waals surface area contributed by atoms with Crippen LogP contribution < -0.4 is 5.69 Å².